The van der Waals surface area contributed by atoms with Gasteiger partial charge in [0.1, 0.15) is 0 Å². The summed E-state index contributed by atoms with van der Waals surface area (Å²) in [6.07, 6.45) is -1.87. The molecule has 7 unspecified atom stereocenters. The number of rotatable bonds is 14. The first-order valence-electron chi connectivity index (χ1n) is 9.82. The molecule has 0 fully saturated rings. The number of carboxylic acid groups (broad SMARTS) is 1. The van der Waals surface area contributed by atoms with Gasteiger partial charge in [-0.1, -0.05) is 20.8 Å². The van der Waals surface area contributed by atoms with E-state index in [0.717, 1.165) is 0 Å². The number of hydrogen-bond donors (Lipinski definition) is 4. The predicted molar refractivity (Wildman–Crippen MR) is 103 cm³/mol. The second kappa shape index (κ2) is 11.3. The molecule has 0 rings (SSSR count). The zero-order chi connectivity index (χ0) is 21.4. The largest absolute Gasteiger partial charge is 0.481 e. The number of methoxy groups -OCH3 is 1. The van der Waals surface area contributed by atoms with Crippen molar-refractivity contribution < 1.29 is 34.7 Å². The molecule has 0 spiro atoms. The Labute approximate surface area is 163 Å². The third-order valence-electron chi connectivity index (χ3n) is 6.06. The van der Waals surface area contributed by atoms with Crippen molar-refractivity contribution in [2.24, 2.45) is 10.8 Å². The van der Waals surface area contributed by atoms with E-state index in [4.69, 9.17) is 9.47 Å². The number of hydrogen-bond acceptors (Lipinski definition) is 6. The monoisotopic (exact) mass is 392 g/mol. The predicted octanol–water partition coefficient (Wildman–Crippen LogP) is 2.55. The summed E-state index contributed by atoms with van der Waals surface area (Å²) in [6.45, 7) is 10.8. The molecule has 27 heavy (non-hydrogen) atoms. The molecule has 162 valence electrons. The first-order chi connectivity index (χ1) is 12.4. The van der Waals surface area contributed by atoms with Crippen LogP contribution in [-0.2, 0) is 14.3 Å². The molecule has 0 heterocycles. The van der Waals surface area contributed by atoms with E-state index in [2.05, 4.69) is 0 Å². The highest BCUT2D eigenvalue weighted by atomic mass is 16.7. The molecule has 0 radical (unpaired) electrons. The number of aliphatic hydroxyl groups is 3. The molecule has 7 nitrogen and oxygen atoms in total. The zero-order valence-corrected chi connectivity index (χ0v) is 17.9. The summed E-state index contributed by atoms with van der Waals surface area (Å²) in [5, 5.41) is 38.9. The maximum absolute atomic E-state index is 11.6. The fourth-order valence-corrected chi connectivity index (χ4v) is 2.88. The van der Waals surface area contributed by atoms with E-state index in [1.807, 2.05) is 20.8 Å². The van der Waals surface area contributed by atoms with Gasteiger partial charge < -0.3 is 29.9 Å². The van der Waals surface area contributed by atoms with Crippen molar-refractivity contribution in [1.29, 1.82) is 0 Å². The van der Waals surface area contributed by atoms with Crippen LogP contribution >= 0.6 is 0 Å². The summed E-state index contributed by atoms with van der Waals surface area (Å²) < 4.78 is 11.5. The van der Waals surface area contributed by atoms with Gasteiger partial charge in [0.05, 0.1) is 29.8 Å². The molecule has 0 aliphatic rings. The van der Waals surface area contributed by atoms with Crippen LogP contribution in [0.15, 0.2) is 0 Å². The maximum atomic E-state index is 11.6. The van der Waals surface area contributed by atoms with E-state index >= 15 is 0 Å². The van der Waals surface area contributed by atoms with Gasteiger partial charge in [0.25, 0.3) is 0 Å². The van der Waals surface area contributed by atoms with Crippen molar-refractivity contribution in [3.8, 4) is 0 Å². The van der Waals surface area contributed by atoms with E-state index in [1.165, 1.54) is 14.0 Å². The number of carbonyl (C=O) groups is 1. The molecule has 0 aromatic heterocycles. The lowest BCUT2D eigenvalue weighted by Crippen LogP contribution is -2.43. The fraction of sp³-hybridized carbons (Fsp3) is 0.950. The Bertz CT molecular complexity index is 442. The Kier molecular flexibility index (Phi) is 11.0. The quantitative estimate of drug-likeness (QED) is 0.336. The number of carboxylic acids is 1. The Morgan fingerprint density at radius 3 is 1.93 bits per heavy atom. The molecule has 0 amide bonds. The Morgan fingerprint density at radius 2 is 1.56 bits per heavy atom. The van der Waals surface area contributed by atoms with E-state index in [0.29, 0.717) is 25.7 Å². The van der Waals surface area contributed by atoms with Crippen LogP contribution in [0.3, 0.4) is 0 Å². The third kappa shape index (κ3) is 7.66. The molecule has 7 heteroatoms. The lowest BCUT2D eigenvalue weighted by atomic mass is 9.74. The van der Waals surface area contributed by atoms with Crippen LogP contribution in [0.4, 0.5) is 0 Å². The topological polar surface area (TPSA) is 116 Å². The minimum Gasteiger partial charge on any atom is -0.481 e. The van der Waals surface area contributed by atoms with Crippen molar-refractivity contribution in [3.05, 3.63) is 0 Å². The number of aliphatic carboxylic acids is 1. The van der Waals surface area contributed by atoms with Gasteiger partial charge >= 0.3 is 5.97 Å². The maximum Gasteiger partial charge on any atom is 0.309 e. The summed E-state index contributed by atoms with van der Waals surface area (Å²) in [5.41, 5.74) is -1.24. The first kappa shape index (κ1) is 26.3. The Balaban J connectivity index is 5.09. The molecule has 0 aliphatic carbocycles. The van der Waals surface area contributed by atoms with Gasteiger partial charge in [0, 0.05) is 18.9 Å². The van der Waals surface area contributed by atoms with Crippen LogP contribution in [0.25, 0.3) is 0 Å². The molecule has 0 saturated heterocycles. The van der Waals surface area contributed by atoms with E-state index in [9.17, 15) is 25.2 Å². The lowest BCUT2D eigenvalue weighted by molar-refractivity contribution is -0.231. The van der Waals surface area contributed by atoms with Crippen LogP contribution in [0.1, 0.15) is 73.6 Å². The highest BCUT2D eigenvalue weighted by Crippen LogP contribution is 2.40. The van der Waals surface area contributed by atoms with Gasteiger partial charge in [-0.05, 0) is 46.5 Å². The van der Waals surface area contributed by atoms with Gasteiger partial charge in [-0.3, -0.25) is 4.79 Å². The van der Waals surface area contributed by atoms with E-state index in [-0.39, 0.29) is 6.42 Å². The second-order valence-corrected chi connectivity index (χ2v) is 8.25. The van der Waals surface area contributed by atoms with Gasteiger partial charge in [-0.15, -0.1) is 0 Å². The molecule has 0 aliphatic heterocycles. The summed E-state index contributed by atoms with van der Waals surface area (Å²) in [4.78, 5) is 11.6. The van der Waals surface area contributed by atoms with E-state index < -0.39 is 47.5 Å². The Hall–Kier alpha value is -0.730. The van der Waals surface area contributed by atoms with Gasteiger partial charge in [-0.2, -0.15) is 0 Å². The van der Waals surface area contributed by atoms with Crippen LogP contribution in [0.2, 0.25) is 0 Å². The van der Waals surface area contributed by atoms with Crippen LogP contribution < -0.4 is 0 Å². The second-order valence-electron chi connectivity index (χ2n) is 8.25. The average Bonchev–Trinajstić information content (AvgIpc) is 2.62. The van der Waals surface area contributed by atoms with Crippen molar-refractivity contribution in [1.82, 2.24) is 0 Å². The molecule has 0 aromatic carbocycles. The molecule has 7 atom stereocenters. The smallest absolute Gasteiger partial charge is 0.309 e. The summed E-state index contributed by atoms with van der Waals surface area (Å²) in [6, 6.07) is 0. The molecule has 0 aromatic rings. The van der Waals surface area contributed by atoms with Crippen molar-refractivity contribution >= 4 is 5.97 Å². The summed E-state index contributed by atoms with van der Waals surface area (Å²) in [7, 11) is 1.53. The molecular weight excluding hydrogens is 352 g/mol. The van der Waals surface area contributed by atoms with Crippen molar-refractivity contribution in [3.63, 3.8) is 0 Å². The minimum atomic E-state index is -1.04. The SMILES string of the molecule is CCC(C)(CCC(C)(CC)C(OC)OC(C)C(O)CC(O)C(C)O)C(=O)O. The summed E-state index contributed by atoms with van der Waals surface area (Å²) >= 11 is 0. The van der Waals surface area contributed by atoms with Gasteiger partial charge in [0.15, 0.2) is 6.29 Å². The molecular formula is C20H40O7. The third-order valence-corrected chi connectivity index (χ3v) is 6.06. The lowest BCUT2D eigenvalue weighted by Gasteiger charge is -2.40. The number of ether oxygens (including phenoxy) is 2. The average molecular weight is 393 g/mol. The highest BCUT2D eigenvalue weighted by Gasteiger charge is 2.40. The summed E-state index contributed by atoms with van der Waals surface area (Å²) in [5.74, 6) is -0.811. The van der Waals surface area contributed by atoms with Crippen LogP contribution in [0.5, 0.6) is 0 Å². The van der Waals surface area contributed by atoms with E-state index in [1.54, 1.807) is 13.8 Å². The molecule has 0 bridgehead atoms. The normalized spacial score (nSPS) is 22.1. The van der Waals surface area contributed by atoms with Crippen molar-refractivity contribution in [2.75, 3.05) is 7.11 Å². The van der Waals surface area contributed by atoms with Gasteiger partial charge in [0.2, 0.25) is 0 Å². The fourth-order valence-electron chi connectivity index (χ4n) is 2.88. The standard InChI is InChI=1S/C20H40O7/c1-8-19(5,17(24)25)10-11-20(6,9-2)18(26-7)27-14(4)16(23)12-15(22)13(3)21/h13-16,18,21-23H,8-12H2,1-7H3,(H,24,25). The van der Waals surface area contributed by atoms with Crippen LogP contribution in [0, 0.1) is 10.8 Å². The first-order valence-corrected chi connectivity index (χ1v) is 9.82. The molecule has 4 N–H and O–H groups in total. The van der Waals surface area contributed by atoms with Crippen molar-refractivity contribution in [2.45, 2.75) is 104 Å². The molecule has 0 saturated carbocycles. The Morgan fingerprint density at radius 1 is 1.00 bits per heavy atom. The minimum absolute atomic E-state index is 0.00890. The van der Waals surface area contributed by atoms with Crippen LogP contribution in [-0.4, -0.2) is 64.2 Å². The number of aliphatic hydroxyl groups excluding tert-OH is 3. The highest BCUT2D eigenvalue weighted by molar-refractivity contribution is 5.73. The zero-order valence-electron chi connectivity index (χ0n) is 17.9. The van der Waals surface area contributed by atoms with Gasteiger partial charge in [-0.25, -0.2) is 0 Å².